The van der Waals surface area contributed by atoms with Crippen LogP contribution in [0.3, 0.4) is 0 Å². The van der Waals surface area contributed by atoms with Gasteiger partial charge >= 0.3 is 0 Å². The standard InChI is InChI=1S/C17H15N3O4/c1-23-13-4-2-3-11(5-13)6-14-7-12(9-24-14)15(21)8-16(22)17-18-10-19-20-17/h2-5,7-10,21H,6H2,1H3,(H,18,19,20). The summed E-state index contributed by atoms with van der Waals surface area (Å²) < 4.78 is 10.6. The van der Waals surface area contributed by atoms with Crippen molar-refractivity contribution in [3.05, 3.63) is 71.7 Å². The van der Waals surface area contributed by atoms with Gasteiger partial charge in [-0.05, 0) is 23.8 Å². The van der Waals surface area contributed by atoms with Gasteiger partial charge in [-0.3, -0.25) is 9.89 Å². The number of carbonyl (C=O) groups is 1. The molecule has 0 spiro atoms. The van der Waals surface area contributed by atoms with E-state index in [9.17, 15) is 9.90 Å². The largest absolute Gasteiger partial charge is 0.507 e. The summed E-state index contributed by atoms with van der Waals surface area (Å²) in [6.07, 6.45) is 4.23. The number of carbonyl (C=O) groups excluding carboxylic acids is 1. The van der Waals surface area contributed by atoms with Crippen molar-refractivity contribution in [2.24, 2.45) is 0 Å². The zero-order valence-corrected chi connectivity index (χ0v) is 12.9. The molecule has 0 radical (unpaired) electrons. The molecule has 2 heterocycles. The van der Waals surface area contributed by atoms with Crippen LogP contribution in [0, 0.1) is 0 Å². The molecular formula is C17H15N3O4. The molecule has 7 heteroatoms. The Morgan fingerprint density at radius 3 is 3.04 bits per heavy atom. The van der Waals surface area contributed by atoms with Crippen LogP contribution in [0.15, 0.2) is 53.4 Å². The SMILES string of the molecule is COc1cccc(Cc2cc(C(O)=CC(=O)c3ncn[nH]3)co2)c1. The Balaban J connectivity index is 1.73. The van der Waals surface area contributed by atoms with Crippen LogP contribution < -0.4 is 4.74 Å². The van der Waals surface area contributed by atoms with Crippen molar-refractivity contribution < 1.29 is 19.1 Å². The first-order valence-corrected chi connectivity index (χ1v) is 7.17. The molecule has 1 aromatic carbocycles. The van der Waals surface area contributed by atoms with E-state index in [-0.39, 0.29) is 11.6 Å². The second kappa shape index (κ2) is 6.82. The molecule has 0 unspecified atom stereocenters. The van der Waals surface area contributed by atoms with Gasteiger partial charge in [0.05, 0.1) is 12.7 Å². The number of aliphatic hydroxyl groups is 1. The number of nitrogens with one attached hydrogen (secondary N) is 1. The fraction of sp³-hybridized carbons (Fsp3) is 0.118. The number of furan rings is 1. The van der Waals surface area contributed by atoms with E-state index in [1.54, 1.807) is 13.2 Å². The zero-order valence-electron chi connectivity index (χ0n) is 12.9. The molecule has 0 amide bonds. The highest BCUT2D eigenvalue weighted by Gasteiger charge is 2.11. The van der Waals surface area contributed by atoms with Crippen LogP contribution in [0.25, 0.3) is 5.76 Å². The van der Waals surface area contributed by atoms with Crippen LogP contribution in [0.4, 0.5) is 0 Å². The van der Waals surface area contributed by atoms with E-state index in [2.05, 4.69) is 15.2 Å². The van der Waals surface area contributed by atoms with Gasteiger partial charge in [0.15, 0.2) is 5.82 Å². The van der Waals surface area contributed by atoms with Crippen molar-refractivity contribution in [2.45, 2.75) is 6.42 Å². The first-order valence-electron chi connectivity index (χ1n) is 7.17. The molecule has 2 N–H and O–H groups in total. The van der Waals surface area contributed by atoms with Crippen LogP contribution >= 0.6 is 0 Å². The van der Waals surface area contributed by atoms with Gasteiger partial charge in [-0.15, -0.1) is 0 Å². The Morgan fingerprint density at radius 1 is 1.42 bits per heavy atom. The predicted molar refractivity (Wildman–Crippen MR) is 85.8 cm³/mol. The fourth-order valence-corrected chi connectivity index (χ4v) is 2.19. The number of aromatic nitrogens is 3. The zero-order chi connectivity index (χ0) is 16.9. The minimum Gasteiger partial charge on any atom is -0.507 e. The number of H-pyrrole nitrogens is 1. The third-order valence-corrected chi connectivity index (χ3v) is 3.38. The molecule has 0 aliphatic heterocycles. The van der Waals surface area contributed by atoms with Crippen LogP contribution in [0.5, 0.6) is 5.75 Å². The maximum Gasteiger partial charge on any atom is 0.226 e. The van der Waals surface area contributed by atoms with E-state index in [1.165, 1.54) is 12.6 Å². The number of hydrogen-bond acceptors (Lipinski definition) is 6. The van der Waals surface area contributed by atoms with E-state index in [0.29, 0.717) is 17.7 Å². The minimum absolute atomic E-state index is 0.0571. The Hall–Kier alpha value is -3.35. The van der Waals surface area contributed by atoms with Crippen molar-refractivity contribution in [1.82, 2.24) is 15.2 Å². The summed E-state index contributed by atoms with van der Waals surface area (Å²) in [4.78, 5) is 15.6. The Kier molecular flexibility index (Phi) is 4.42. The Morgan fingerprint density at radius 2 is 2.29 bits per heavy atom. The van der Waals surface area contributed by atoms with Crippen LogP contribution in [0.2, 0.25) is 0 Å². The van der Waals surface area contributed by atoms with Gasteiger partial charge in [0, 0.05) is 12.5 Å². The van der Waals surface area contributed by atoms with E-state index < -0.39 is 5.78 Å². The molecule has 0 bridgehead atoms. The lowest BCUT2D eigenvalue weighted by molar-refractivity contribution is 0.103. The summed E-state index contributed by atoms with van der Waals surface area (Å²) in [7, 11) is 1.61. The Bertz CT molecular complexity index is 866. The summed E-state index contributed by atoms with van der Waals surface area (Å²) in [6, 6.07) is 9.30. The molecule has 24 heavy (non-hydrogen) atoms. The number of aromatic amines is 1. The van der Waals surface area contributed by atoms with Gasteiger partial charge in [0.25, 0.3) is 0 Å². The topological polar surface area (TPSA) is 101 Å². The van der Waals surface area contributed by atoms with Crippen LogP contribution in [0.1, 0.15) is 27.5 Å². The number of ketones is 1. The van der Waals surface area contributed by atoms with Gasteiger partial charge in [-0.2, -0.15) is 5.10 Å². The monoisotopic (exact) mass is 325 g/mol. The first kappa shape index (κ1) is 15.5. The van der Waals surface area contributed by atoms with Gasteiger partial charge in [0.1, 0.15) is 29.9 Å². The molecule has 0 fully saturated rings. The lowest BCUT2D eigenvalue weighted by Gasteiger charge is -2.02. The summed E-state index contributed by atoms with van der Waals surface area (Å²) >= 11 is 0. The lowest BCUT2D eigenvalue weighted by atomic mass is 10.1. The summed E-state index contributed by atoms with van der Waals surface area (Å²) in [5.74, 6) is 0.809. The number of rotatable bonds is 6. The number of ether oxygens (including phenoxy) is 1. The smallest absolute Gasteiger partial charge is 0.226 e. The van der Waals surface area contributed by atoms with Crippen LogP contribution in [-0.2, 0) is 6.42 Å². The fourth-order valence-electron chi connectivity index (χ4n) is 2.19. The second-order valence-electron chi connectivity index (χ2n) is 5.06. The van der Waals surface area contributed by atoms with Gasteiger partial charge in [0.2, 0.25) is 5.78 Å². The van der Waals surface area contributed by atoms with Crippen molar-refractivity contribution in [2.75, 3.05) is 7.11 Å². The normalized spacial score (nSPS) is 11.5. The molecule has 0 atom stereocenters. The maximum atomic E-state index is 11.8. The molecule has 0 aliphatic carbocycles. The van der Waals surface area contributed by atoms with Crippen molar-refractivity contribution in [1.29, 1.82) is 0 Å². The lowest BCUT2D eigenvalue weighted by Crippen LogP contribution is -1.99. The van der Waals surface area contributed by atoms with Gasteiger partial charge in [-0.25, -0.2) is 4.98 Å². The van der Waals surface area contributed by atoms with E-state index >= 15 is 0 Å². The van der Waals surface area contributed by atoms with E-state index in [4.69, 9.17) is 9.15 Å². The number of allylic oxidation sites excluding steroid dienone is 1. The molecule has 0 saturated heterocycles. The number of benzene rings is 1. The molecular weight excluding hydrogens is 310 g/mol. The quantitative estimate of drug-likeness (QED) is 0.410. The average molecular weight is 325 g/mol. The molecule has 0 aliphatic rings. The first-order chi connectivity index (χ1) is 11.7. The Labute approximate surface area is 137 Å². The molecule has 3 rings (SSSR count). The molecule has 122 valence electrons. The van der Waals surface area contributed by atoms with E-state index in [1.807, 2.05) is 24.3 Å². The van der Waals surface area contributed by atoms with Crippen LogP contribution in [-0.4, -0.2) is 33.2 Å². The summed E-state index contributed by atoms with van der Waals surface area (Å²) in [6.45, 7) is 0. The highest BCUT2D eigenvalue weighted by Crippen LogP contribution is 2.20. The predicted octanol–water partition coefficient (Wildman–Crippen LogP) is 2.78. The summed E-state index contributed by atoms with van der Waals surface area (Å²) in [5.41, 5.74) is 1.43. The maximum absolute atomic E-state index is 11.8. The summed E-state index contributed by atoms with van der Waals surface area (Å²) in [5, 5.41) is 16.1. The van der Waals surface area contributed by atoms with Crippen molar-refractivity contribution in [3.8, 4) is 5.75 Å². The van der Waals surface area contributed by atoms with Gasteiger partial charge in [-0.1, -0.05) is 12.1 Å². The minimum atomic E-state index is -0.472. The van der Waals surface area contributed by atoms with Crippen molar-refractivity contribution >= 4 is 11.5 Å². The number of aliphatic hydroxyl groups excluding tert-OH is 1. The molecule has 3 aromatic rings. The van der Waals surface area contributed by atoms with E-state index in [0.717, 1.165) is 17.4 Å². The average Bonchev–Trinajstić information content (AvgIpc) is 3.26. The van der Waals surface area contributed by atoms with Gasteiger partial charge < -0.3 is 14.3 Å². The number of hydrogen-bond donors (Lipinski definition) is 2. The molecule has 0 saturated carbocycles. The number of methoxy groups -OCH3 is 1. The third kappa shape index (κ3) is 3.52. The highest BCUT2D eigenvalue weighted by atomic mass is 16.5. The van der Waals surface area contributed by atoms with Crippen molar-refractivity contribution in [3.63, 3.8) is 0 Å². The molecule has 7 nitrogen and oxygen atoms in total. The highest BCUT2D eigenvalue weighted by molar-refractivity contribution is 6.05. The molecule has 2 aromatic heterocycles. The second-order valence-corrected chi connectivity index (χ2v) is 5.06. The third-order valence-electron chi connectivity index (χ3n) is 3.38. The number of nitrogens with zero attached hydrogens (tertiary/aromatic N) is 2.